The lowest BCUT2D eigenvalue weighted by Crippen LogP contribution is -2.21. The summed E-state index contributed by atoms with van der Waals surface area (Å²) in [6, 6.07) is 0. The SMILES string of the molecule is Cn1ncc(NCc2ncc(C(C)(C)C)o2)c(Cl)c1=O. The minimum atomic E-state index is -0.348. The normalized spacial score (nSPS) is 11.7. The van der Waals surface area contributed by atoms with E-state index in [2.05, 4.69) is 15.4 Å². The van der Waals surface area contributed by atoms with Crippen LogP contribution >= 0.6 is 11.6 Å². The van der Waals surface area contributed by atoms with Crippen molar-refractivity contribution in [3.63, 3.8) is 0 Å². The highest BCUT2D eigenvalue weighted by Gasteiger charge is 2.19. The molecule has 2 aromatic heterocycles. The number of anilines is 1. The molecule has 0 saturated heterocycles. The minimum Gasteiger partial charge on any atom is -0.443 e. The van der Waals surface area contributed by atoms with Gasteiger partial charge in [-0.05, 0) is 0 Å². The van der Waals surface area contributed by atoms with Crippen molar-refractivity contribution in [3.8, 4) is 0 Å². The highest BCUT2D eigenvalue weighted by molar-refractivity contribution is 6.32. The Morgan fingerprint density at radius 1 is 1.40 bits per heavy atom. The number of hydrogen-bond donors (Lipinski definition) is 1. The van der Waals surface area contributed by atoms with E-state index in [9.17, 15) is 4.79 Å². The van der Waals surface area contributed by atoms with E-state index in [1.54, 1.807) is 13.2 Å². The Balaban J connectivity index is 2.12. The van der Waals surface area contributed by atoms with Gasteiger partial charge in [0.05, 0.1) is 24.6 Å². The third-order valence-electron chi connectivity index (χ3n) is 2.80. The van der Waals surface area contributed by atoms with Gasteiger partial charge in [-0.25, -0.2) is 9.67 Å². The van der Waals surface area contributed by atoms with Crippen molar-refractivity contribution in [1.82, 2.24) is 14.8 Å². The summed E-state index contributed by atoms with van der Waals surface area (Å²) in [5.74, 6) is 1.34. The van der Waals surface area contributed by atoms with Crippen LogP contribution in [0.4, 0.5) is 5.69 Å². The van der Waals surface area contributed by atoms with Gasteiger partial charge in [0.2, 0.25) is 5.89 Å². The van der Waals surface area contributed by atoms with Gasteiger partial charge in [-0.15, -0.1) is 0 Å². The van der Waals surface area contributed by atoms with Crippen molar-refractivity contribution < 1.29 is 4.42 Å². The monoisotopic (exact) mass is 296 g/mol. The Morgan fingerprint density at radius 3 is 2.70 bits per heavy atom. The Morgan fingerprint density at radius 2 is 2.10 bits per heavy atom. The van der Waals surface area contributed by atoms with Crippen molar-refractivity contribution in [1.29, 1.82) is 0 Å². The summed E-state index contributed by atoms with van der Waals surface area (Å²) in [4.78, 5) is 15.8. The van der Waals surface area contributed by atoms with Gasteiger partial charge in [-0.3, -0.25) is 4.79 Å². The van der Waals surface area contributed by atoms with Gasteiger partial charge in [-0.2, -0.15) is 5.10 Å². The number of halogens is 1. The molecule has 0 aromatic carbocycles. The summed E-state index contributed by atoms with van der Waals surface area (Å²) in [5.41, 5.74) is 0.0253. The molecule has 1 N–H and O–H groups in total. The summed E-state index contributed by atoms with van der Waals surface area (Å²) >= 11 is 5.96. The van der Waals surface area contributed by atoms with E-state index in [1.165, 1.54) is 10.9 Å². The molecule has 0 aliphatic heterocycles. The van der Waals surface area contributed by atoms with Gasteiger partial charge in [-0.1, -0.05) is 32.4 Å². The van der Waals surface area contributed by atoms with Crippen LogP contribution in [0.25, 0.3) is 0 Å². The second-order valence-electron chi connectivity index (χ2n) is 5.52. The molecule has 0 bridgehead atoms. The van der Waals surface area contributed by atoms with Crippen LogP contribution in [0.2, 0.25) is 5.02 Å². The first-order valence-corrected chi connectivity index (χ1v) is 6.57. The molecule has 0 radical (unpaired) electrons. The predicted octanol–water partition coefficient (Wildman–Crippen LogP) is 2.33. The zero-order valence-corrected chi connectivity index (χ0v) is 12.7. The van der Waals surface area contributed by atoms with E-state index < -0.39 is 0 Å². The average Bonchev–Trinajstić information content (AvgIpc) is 2.84. The molecule has 0 unspecified atom stereocenters. The number of nitrogens with zero attached hydrogens (tertiary/aromatic N) is 3. The molecule has 108 valence electrons. The van der Waals surface area contributed by atoms with Gasteiger partial charge in [0.25, 0.3) is 5.56 Å². The highest BCUT2D eigenvalue weighted by Crippen LogP contribution is 2.23. The Bertz CT molecular complexity index is 670. The Labute approximate surface area is 121 Å². The molecular formula is C13H17ClN4O2. The second kappa shape index (κ2) is 5.28. The quantitative estimate of drug-likeness (QED) is 0.941. The Hall–Kier alpha value is -1.82. The van der Waals surface area contributed by atoms with E-state index >= 15 is 0 Å². The Kier molecular flexibility index (Phi) is 3.85. The third-order valence-corrected chi connectivity index (χ3v) is 3.17. The molecule has 0 spiro atoms. The van der Waals surface area contributed by atoms with Crippen LogP contribution in [-0.4, -0.2) is 14.8 Å². The summed E-state index contributed by atoms with van der Waals surface area (Å²) < 4.78 is 6.82. The number of rotatable bonds is 3. The molecule has 2 aromatic rings. The first kappa shape index (κ1) is 14.6. The van der Waals surface area contributed by atoms with Crippen LogP contribution in [0.15, 0.2) is 21.6 Å². The second-order valence-corrected chi connectivity index (χ2v) is 5.90. The third kappa shape index (κ3) is 3.01. The van der Waals surface area contributed by atoms with E-state index in [1.807, 2.05) is 20.8 Å². The number of aromatic nitrogens is 3. The van der Waals surface area contributed by atoms with Crippen LogP contribution in [-0.2, 0) is 19.0 Å². The molecule has 2 rings (SSSR count). The highest BCUT2D eigenvalue weighted by atomic mass is 35.5. The summed E-state index contributed by atoms with van der Waals surface area (Å²) in [5, 5.41) is 7.00. The lowest BCUT2D eigenvalue weighted by Gasteiger charge is -2.13. The summed E-state index contributed by atoms with van der Waals surface area (Å²) in [6.45, 7) is 6.48. The molecule has 20 heavy (non-hydrogen) atoms. The van der Waals surface area contributed by atoms with Crippen LogP contribution in [0, 0.1) is 0 Å². The van der Waals surface area contributed by atoms with E-state index in [-0.39, 0.29) is 16.0 Å². The molecule has 0 amide bonds. The fraction of sp³-hybridized carbons (Fsp3) is 0.462. The maximum absolute atomic E-state index is 11.6. The maximum atomic E-state index is 11.6. The number of nitrogens with one attached hydrogen (secondary N) is 1. The maximum Gasteiger partial charge on any atom is 0.287 e. The lowest BCUT2D eigenvalue weighted by atomic mass is 9.94. The zero-order valence-electron chi connectivity index (χ0n) is 11.9. The average molecular weight is 297 g/mol. The smallest absolute Gasteiger partial charge is 0.287 e. The molecule has 0 fully saturated rings. The first-order chi connectivity index (χ1) is 9.29. The number of oxazole rings is 1. The van der Waals surface area contributed by atoms with Crippen molar-refractivity contribution in [2.45, 2.75) is 32.7 Å². The van der Waals surface area contributed by atoms with E-state index in [4.69, 9.17) is 16.0 Å². The molecule has 6 nitrogen and oxygen atoms in total. The lowest BCUT2D eigenvalue weighted by molar-refractivity contribution is 0.385. The van der Waals surface area contributed by atoms with Gasteiger partial charge in [0.15, 0.2) is 0 Å². The molecule has 7 heteroatoms. The van der Waals surface area contributed by atoms with E-state index in [0.717, 1.165) is 5.76 Å². The van der Waals surface area contributed by atoms with Gasteiger partial charge >= 0.3 is 0 Å². The van der Waals surface area contributed by atoms with Crippen molar-refractivity contribution in [3.05, 3.63) is 39.4 Å². The standard InChI is InChI=1S/C13H17ClN4O2/c1-13(2,3)9-6-16-10(20-9)7-15-8-5-17-18(4)12(19)11(8)14/h5-6,15H,7H2,1-4H3. The van der Waals surface area contributed by atoms with Crippen molar-refractivity contribution >= 4 is 17.3 Å². The number of hydrogen-bond acceptors (Lipinski definition) is 5. The predicted molar refractivity (Wildman–Crippen MR) is 77.0 cm³/mol. The topological polar surface area (TPSA) is 73.0 Å². The van der Waals surface area contributed by atoms with Gasteiger partial charge in [0, 0.05) is 12.5 Å². The summed E-state index contributed by atoms with van der Waals surface area (Å²) in [7, 11) is 1.54. The minimum absolute atomic E-state index is 0.0901. The molecule has 0 aliphatic carbocycles. The first-order valence-electron chi connectivity index (χ1n) is 6.20. The number of aryl methyl sites for hydroxylation is 1. The van der Waals surface area contributed by atoms with Crippen molar-refractivity contribution in [2.75, 3.05) is 5.32 Å². The van der Waals surface area contributed by atoms with Crippen LogP contribution < -0.4 is 10.9 Å². The summed E-state index contributed by atoms with van der Waals surface area (Å²) in [6.07, 6.45) is 3.21. The van der Waals surface area contributed by atoms with Gasteiger partial charge < -0.3 is 9.73 Å². The molecule has 2 heterocycles. The van der Waals surface area contributed by atoms with Crippen LogP contribution in [0.1, 0.15) is 32.4 Å². The molecule has 0 aliphatic rings. The molecule has 0 saturated carbocycles. The molecular weight excluding hydrogens is 280 g/mol. The van der Waals surface area contributed by atoms with Crippen LogP contribution in [0.3, 0.4) is 0 Å². The fourth-order valence-corrected chi connectivity index (χ4v) is 1.78. The largest absolute Gasteiger partial charge is 0.443 e. The fourth-order valence-electron chi connectivity index (χ4n) is 1.54. The molecule has 0 atom stereocenters. The van der Waals surface area contributed by atoms with E-state index in [0.29, 0.717) is 18.1 Å². The van der Waals surface area contributed by atoms with Crippen molar-refractivity contribution in [2.24, 2.45) is 7.05 Å². The zero-order chi connectivity index (χ0) is 14.9. The van der Waals surface area contributed by atoms with Crippen LogP contribution in [0.5, 0.6) is 0 Å². The van der Waals surface area contributed by atoms with Gasteiger partial charge in [0.1, 0.15) is 10.8 Å².